The first-order valence-electron chi connectivity index (χ1n) is 13.4. The Morgan fingerprint density at radius 1 is 1.22 bits per heavy atom. The molecule has 0 bridgehead atoms. The number of nitrogens with zero attached hydrogens (tertiary/aromatic N) is 8. The van der Waals surface area contributed by atoms with Crippen LogP contribution in [0.15, 0.2) is 23.4 Å². The molecule has 4 heterocycles. The number of nitrogens with one attached hydrogen (secondary N) is 1. The molecule has 224 valence electrons. The maximum absolute atomic E-state index is 13.5. The predicted molar refractivity (Wildman–Crippen MR) is 152 cm³/mol. The summed E-state index contributed by atoms with van der Waals surface area (Å²) >= 11 is 0.714. The van der Waals surface area contributed by atoms with Crippen molar-refractivity contribution in [2.75, 3.05) is 58.8 Å². The lowest BCUT2D eigenvalue weighted by molar-refractivity contribution is 0.137. The van der Waals surface area contributed by atoms with Gasteiger partial charge < -0.3 is 19.6 Å². The van der Waals surface area contributed by atoms with Gasteiger partial charge >= 0.3 is 6.03 Å². The quantitative estimate of drug-likeness (QED) is 0.393. The number of urea groups is 1. The van der Waals surface area contributed by atoms with E-state index in [1.54, 1.807) is 28.6 Å². The maximum Gasteiger partial charge on any atom is 0.320 e. The lowest BCUT2D eigenvalue weighted by atomic mass is 10.1. The van der Waals surface area contributed by atoms with Gasteiger partial charge in [-0.15, -0.1) is 10.2 Å². The summed E-state index contributed by atoms with van der Waals surface area (Å²) in [7, 11) is 1.80. The Morgan fingerprint density at radius 3 is 2.56 bits per heavy atom. The molecule has 2 amide bonds. The van der Waals surface area contributed by atoms with Crippen molar-refractivity contribution in [2.45, 2.75) is 49.6 Å². The molecule has 3 aromatic rings. The Morgan fingerprint density at radius 2 is 1.95 bits per heavy atom. The van der Waals surface area contributed by atoms with Gasteiger partial charge in [-0.3, -0.25) is 4.40 Å². The van der Waals surface area contributed by atoms with Gasteiger partial charge in [0.05, 0.1) is 17.4 Å². The second-order valence-corrected chi connectivity index (χ2v) is 14.0. The van der Waals surface area contributed by atoms with Gasteiger partial charge in [-0.1, -0.05) is 11.3 Å². The molecule has 1 aliphatic heterocycles. The number of hydrogen-bond donors (Lipinski definition) is 1. The van der Waals surface area contributed by atoms with Gasteiger partial charge in [0.15, 0.2) is 15.8 Å². The molecule has 2 fully saturated rings. The highest BCUT2D eigenvalue weighted by atomic mass is 32.2. The highest BCUT2D eigenvalue weighted by molar-refractivity contribution is 7.89. The van der Waals surface area contributed by atoms with E-state index in [1.807, 2.05) is 42.6 Å². The molecule has 1 saturated heterocycles. The van der Waals surface area contributed by atoms with E-state index >= 15 is 0 Å². The van der Waals surface area contributed by atoms with Gasteiger partial charge in [-0.2, -0.15) is 0 Å². The number of imidazole rings is 1. The fourth-order valence-corrected chi connectivity index (χ4v) is 7.00. The number of anilines is 1. The number of rotatable bonds is 9. The van der Waals surface area contributed by atoms with Crippen LogP contribution in [0.25, 0.3) is 16.3 Å². The van der Waals surface area contributed by atoms with E-state index in [1.165, 1.54) is 6.20 Å². The lowest BCUT2D eigenvalue weighted by Crippen LogP contribution is -2.57. The molecule has 16 heteroatoms. The second kappa shape index (κ2) is 11.0. The van der Waals surface area contributed by atoms with Gasteiger partial charge in [0.1, 0.15) is 4.90 Å². The van der Waals surface area contributed by atoms with Crippen molar-refractivity contribution in [2.24, 2.45) is 0 Å². The maximum atomic E-state index is 13.5. The number of likely N-dealkylation sites (N-methyl/N-ethyl adjacent to an activating group) is 2. The molecule has 2 aliphatic rings. The molecule has 3 aromatic heterocycles. The molecule has 41 heavy (non-hydrogen) atoms. The van der Waals surface area contributed by atoms with Gasteiger partial charge in [-0.05, 0) is 46.9 Å². The summed E-state index contributed by atoms with van der Waals surface area (Å²) in [6.07, 6.45) is 1.74. The molecule has 1 atom stereocenters. The Labute approximate surface area is 242 Å². The van der Waals surface area contributed by atoms with E-state index in [0.29, 0.717) is 48.7 Å². The minimum absolute atomic E-state index is 0.0283. The summed E-state index contributed by atoms with van der Waals surface area (Å²) in [5.41, 5.74) is 0.725. The number of amides is 2. The van der Waals surface area contributed by atoms with Crippen LogP contribution in [-0.2, 0) is 10.0 Å². The van der Waals surface area contributed by atoms with E-state index in [-0.39, 0.29) is 27.8 Å². The van der Waals surface area contributed by atoms with E-state index < -0.39 is 27.0 Å². The van der Waals surface area contributed by atoms with E-state index in [2.05, 4.69) is 19.9 Å². The molecule has 0 unspecified atom stereocenters. The SMILES string of the molecule is C[C@@H]1CN(c2cc(S(=O)(=O)NC3(C)CC3)cn3c(-c4nnc(C(F)F)s4)ncc23)CCN1C(=O)N(C)CCN(C)C. The number of pyridine rings is 1. The standard InChI is InChI=1S/C25H35F2N9O3S2/c1-16-14-34(10-11-35(16)24(37)33(5)9-8-32(3)4)18-12-17(41(38,39)31-25(2)6-7-25)15-36-19(18)13-28-21(36)23-30-29-22(40-23)20(26)27/h12-13,15-16,20,31H,6-11,14H2,1-5H3/t16-/m1/s1. The number of halogens is 2. The summed E-state index contributed by atoms with van der Waals surface area (Å²) in [6.45, 7) is 6.55. The summed E-state index contributed by atoms with van der Waals surface area (Å²) in [5, 5.41) is 7.19. The highest BCUT2D eigenvalue weighted by Crippen LogP contribution is 2.38. The number of hydrogen-bond acceptors (Lipinski definition) is 9. The number of aromatic nitrogens is 4. The first-order chi connectivity index (χ1) is 19.3. The third kappa shape index (κ3) is 6.15. The van der Waals surface area contributed by atoms with Crippen molar-refractivity contribution < 1.29 is 22.0 Å². The average Bonchev–Trinajstić information content (AvgIpc) is 3.29. The predicted octanol–water partition coefficient (Wildman–Crippen LogP) is 2.75. The lowest BCUT2D eigenvalue weighted by Gasteiger charge is -2.42. The van der Waals surface area contributed by atoms with E-state index in [9.17, 15) is 22.0 Å². The molecule has 5 rings (SSSR count). The number of alkyl halides is 2. The van der Waals surface area contributed by atoms with Crippen LogP contribution in [0.5, 0.6) is 0 Å². The topological polar surface area (TPSA) is 119 Å². The van der Waals surface area contributed by atoms with Crippen molar-refractivity contribution in [3.05, 3.63) is 23.5 Å². The fourth-order valence-electron chi connectivity index (χ4n) is 4.82. The van der Waals surface area contributed by atoms with Gasteiger partial charge in [0, 0.05) is 57.5 Å². The zero-order valence-electron chi connectivity index (χ0n) is 23.7. The van der Waals surface area contributed by atoms with Crippen LogP contribution < -0.4 is 9.62 Å². The molecule has 1 N–H and O–H groups in total. The Kier molecular flexibility index (Phi) is 7.95. The molecule has 12 nitrogen and oxygen atoms in total. The van der Waals surface area contributed by atoms with Crippen molar-refractivity contribution in [3.8, 4) is 10.8 Å². The van der Waals surface area contributed by atoms with Gasteiger partial charge in [0.2, 0.25) is 10.0 Å². The summed E-state index contributed by atoms with van der Waals surface area (Å²) in [4.78, 5) is 25.2. The number of carbonyl (C=O) groups is 1. The zero-order valence-corrected chi connectivity index (χ0v) is 25.3. The van der Waals surface area contributed by atoms with Gasteiger partial charge in [0.25, 0.3) is 6.43 Å². The first kappa shape index (κ1) is 29.5. The largest absolute Gasteiger partial charge is 0.366 e. The second-order valence-electron chi connectivity index (χ2n) is 11.3. The zero-order chi connectivity index (χ0) is 29.7. The fraction of sp³-hybridized carbons (Fsp3) is 0.600. The molecule has 1 saturated carbocycles. The van der Waals surface area contributed by atoms with Crippen LogP contribution in [0, 0.1) is 0 Å². The van der Waals surface area contributed by atoms with Crippen LogP contribution >= 0.6 is 11.3 Å². The summed E-state index contributed by atoms with van der Waals surface area (Å²) < 4.78 is 57.8. The molecular weight excluding hydrogens is 576 g/mol. The Bertz CT molecular complexity index is 1540. The minimum atomic E-state index is -3.91. The number of carbonyl (C=O) groups excluding carboxylic acids is 1. The van der Waals surface area contributed by atoms with Crippen molar-refractivity contribution in [3.63, 3.8) is 0 Å². The van der Waals surface area contributed by atoms with Crippen LogP contribution in [0.1, 0.15) is 38.1 Å². The third-order valence-corrected chi connectivity index (χ3v) is 10.1. The van der Waals surface area contributed by atoms with Crippen LogP contribution in [-0.4, -0.2) is 114 Å². The number of fused-ring (bicyclic) bond motifs is 1. The van der Waals surface area contributed by atoms with E-state index in [4.69, 9.17) is 0 Å². The molecule has 0 radical (unpaired) electrons. The van der Waals surface area contributed by atoms with Gasteiger partial charge in [-0.25, -0.2) is 31.7 Å². The molecule has 1 aliphatic carbocycles. The normalized spacial score (nSPS) is 19.0. The number of piperazine rings is 1. The summed E-state index contributed by atoms with van der Waals surface area (Å²) in [6, 6.07) is 1.41. The monoisotopic (exact) mass is 611 g/mol. The average molecular weight is 612 g/mol. The molecule has 0 aromatic carbocycles. The van der Waals surface area contributed by atoms with Crippen LogP contribution in [0.4, 0.5) is 19.3 Å². The minimum Gasteiger partial charge on any atom is -0.366 e. The van der Waals surface area contributed by atoms with Crippen molar-refractivity contribution >= 4 is 38.6 Å². The third-order valence-electron chi connectivity index (χ3n) is 7.53. The first-order valence-corrected chi connectivity index (χ1v) is 15.7. The Hall–Kier alpha value is -2.95. The van der Waals surface area contributed by atoms with Crippen molar-refractivity contribution in [1.29, 1.82) is 0 Å². The van der Waals surface area contributed by atoms with Crippen LogP contribution in [0.2, 0.25) is 0 Å². The molecular formula is C25H35F2N9O3S2. The van der Waals surface area contributed by atoms with Crippen LogP contribution in [0.3, 0.4) is 0 Å². The number of sulfonamides is 1. The highest BCUT2D eigenvalue weighted by Gasteiger charge is 2.42. The van der Waals surface area contributed by atoms with Crippen molar-refractivity contribution in [1.82, 2.24) is 39.0 Å². The Balaban J connectivity index is 1.49. The molecule has 0 spiro atoms. The van der Waals surface area contributed by atoms with E-state index in [0.717, 1.165) is 19.4 Å². The summed E-state index contributed by atoms with van der Waals surface area (Å²) in [5.74, 6) is 0.227. The smallest absolute Gasteiger partial charge is 0.320 e.